The molecule has 0 aliphatic carbocycles. The summed E-state index contributed by atoms with van der Waals surface area (Å²) in [6.45, 7) is 4.91. The number of carbonyl (C=O) groups excluding carboxylic acids is 1. The Kier molecular flexibility index (Phi) is 4.40. The van der Waals surface area contributed by atoms with Crippen molar-refractivity contribution in [2.75, 3.05) is 12.3 Å². The first kappa shape index (κ1) is 14.6. The van der Waals surface area contributed by atoms with Gasteiger partial charge in [0.25, 0.3) is 0 Å². The molecule has 18 heavy (non-hydrogen) atoms. The van der Waals surface area contributed by atoms with E-state index in [-0.39, 0.29) is 23.1 Å². The third kappa shape index (κ3) is 4.41. The Balaban J connectivity index is 2.64. The van der Waals surface area contributed by atoms with Gasteiger partial charge >= 0.3 is 5.97 Å². The summed E-state index contributed by atoms with van der Waals surface area (Å²) in [4.78, 5) is 11.4. The molecule has 0 amide bonds. The molecule has 0 saturated carbocycles. The Labute approximate surface area is 110 Å². The van der Waals surface area contributed by atoms with Crippen molar-refractivity contribution in [3.8, 4) is 5.75 Å². The van der Waals surface area contributed by atoms with Crippen LogP contribution in [0.1, 0.15) is 20.8 Å². The molecule has 6 heteroatoms. The molecule has 4 nitrogen and oxygen atoms in total. The molecule has 0 bridgehead atoms. The van der Waals surface area contributed by atoms with Crippen LogP contribution in [-0.2, 0) is 9.53 Å². The Hall–Kier alpha value is -1.49. The monoisotopic (exact) mass is 275 g/mol. The van der Waals surface area contributed by atoms with Crippen molar-refractivity contribution < 1.29 is 18.7 Å². The fourth-order valence-electron chi connectivity index (χ4n) is 1.16. The molecule has 1 aromatic rings. The Morgan fingerprint density at radius 1 is 1.44 bits per heavy atom. The van der Waals surface area contributed by atoms with Crippen LogP contribution in [0, 0.1) is 5.82 Å². The smallest absolute Gasteiger partial charge is 0.344 e. The lowest BCUT2D eigenvalue weighted by Crippen LogP contribution is -2.27. The molecule has 2 N–H and O–H groups in total. The largest absolute Gasteiger partial charge is 0.480 e. The van der Waals surface area contributed by atoms with Crippen LogP contribution in [0.4, 0.5) is 10.1 Å². The predicted molar refractivity (Wildman–Crippen MR) is 67.2 cm³/mol. The molecule has 1 aromatic carbocycles. The first-order valence-electron chi connectivity index (χ1n) is 5.28. The lowest BCUT2D eigenvalue weighted by Gasteiger charge is -2.19. The summed E-state index contributed by atoms with van der Waals surface area (Å²) >= 11 is 5.75. The second-order valence-electron chi connectivity index (χ2n) is 4.68. The van der Waals surface area contributed by atoms with Crippen molar-refractivity contribution in [3.63, 3.8) is 0 Å². The summed E-state index contributed by atoms with van der Waals surface area (Å²) in [7, 11) is 0. The topological polar surface area (TPSA) is 61.5 Å². The van der Waals surface area contributed by atoms with Crippen molar-refractivity contribution in [2.24, 2.45) is 0 Å². The quantitative estimate of drug-likeness (QED) is 0.681. The van der Waals surface area contributed by atoms with E-state index < -0.39 is 17.4 Å². The van der Waals surface area contributed by atoms with Crippen molar-refractivity contribution in [3.05, 3.63) is 23.0 Å². The molecule has 0 radical (unpaired) electrons. The molecule has 0 aliphatic heterocycles. The number of esters is 1. The molecule has 0 heterocycles. The third-order valence-electron chi connectivity index (χ3n) is 1.82. The molecular formula is C12H15ClFNO3. The molecule has 0 atom stereocenters. The van der Waals surface area contributed by atoms with Gasteiger partial charge in [-0.2, -0.15) is 0 Å². The number of halogens is 2. The molecule has 0 unspecified atom stereocenters. The van der Waals surface area contributed by atoms with Crippen LogP contribution in [0.5, 0.6) is 5.75 Å². The van der Waals surface area contributed by atoms with Crippen LogP contribution in [0.25, 0.3) is 0 Å². The fraction of sp³-hybridized carbons (Fsp3) is 0.417. The van der Waals surface area contributed by atoms with Gasteiger partial charge in [-0.3, -0.25) is 0 Å². The number of carbonyl (C=O) groups is 1. The van der Waals surface area contributed by atoms with E-state index >= 15 is 0 Å². The highest BCUT2D eigenvalue weighted by molar-refractivity contribution is 6.32. The van der Waals surface area contributed by atoms with Crippen molar-refractivity contribution in [1.82, 2.24) is 0 Å². The number of hydrogen-bond donors (Lipinski definition) is 1. The van der Waals surface area contributed by atoms with E-state index in [4.69, 9.17) is 26.8 Å². The van der Waals surface area contributed by atoms with Crippen LogP contribution in [0.15, 0.2) is 12.1 Å². The summed E-state index contributed by atoms with van der Waals surface area (Å²) in [6, 6.07) is 2.25. The Bertz CT molecular complexity index is 457. The Morgan fingerprint density at radius 3 is 2.61 bits per heavy atom. The maximum Gasteiger partial charge on any atom is 0.344 e. The van der Waals surface area contributed by atoms with Crippen LogP contribution >= 0.6 is 11.6 Å². The molecule has 100 valence electrons. The van der Waals surface area contributed by atoms with E-state index in [0.29, 0.717) is 0 Å². The van der Waals surface area contributed by atoms with Crippen LogP contribution in [-0.4, -0.2) is 18.2 Å². The number of nitrogens with two attached hydrogens (primary N) is 1. The average molecular weight is 276 g/mol. The zero-order chi connectivity index (χ0) is 13.9. The second kappa shape index (κ2) is 5.44. The van der Waals surface area contributed by atoms with E-state index in [0.717, 1.165) is 6.07 Å². The molecule has 0 saturated heterocycles. The van der Waals surface area contributed by atoms with Gasteiger partial charge in [0.1, 0.15) is 17.2 Å². The van der Waals surface area contributed by atoms with Crippen molar-refractivity contribution >= 4 is 23.3 Å². The minimum atomic E-state index is -0.635. The number of ether oxygens (including phenoxy) is 2. The summed E-state index contributed by atoms with van der Waals surface area (Å²) in [5.74, 6) is -1.03. The van der Waals surface area contributed by atoms with E-state index in [1.807, 2.05) is 0 Å². The zero-order valence-corrected chi connectivity index (χ0v) is 11.2. The highest BCUT2D eigenvalue weighted by Crippen LogP contribution is 2.29. The molecular weight excluding hydrogens is 261 g/mol. The molecule has 0 spiro atoms. The van der Waals surface area contributed by atoms with Crippen molar-refractivity contribution in [2.45, 2.75) is 26.4 Å². The molecule has 1 rings (SSSR count). The zero-order valence-electron chi connectivity index (χ0n) is 10.4. The SMILES string of the molecule is CC(C)(C)OC(=O)COc1cc(N)c(F)cc1Cl. The lowest BCUT2D eigenvalue weighted by atomic mass is 10.2. The van der Waals surface area contributed by atoms with Gasteiger partial charge in [0.05, 0.1) is 10.7 Å². The van der Waals surface area contributed by atoms with Crippen LogP contribution in [0.2, 0.25) is 5.02 Å². The van der Waals surface area contributed by atoms with Gasteiger partial charge < -0.3 is 15.2 Å². The van der Waals surface area contributed by atoms with Crippen molar-refractivity contribution in [1.29, 1.82) is 0 Å². The maximum absolute atomic E-state index is 13.0. The van der Waals surface area contributed by atoms with Gasteiger partial charge in [-0.15, -0.1) is 0 Å². The molecule has 0 aliphatic rings. The first-order chi connectivity index (χ1) is 8.19. The van der Waals surface area contributed by atoms with E-state index in [1.54, 1.807) is 20.8 Å². The predicted octanol–water partition coefficient (Wildman–Crippen LogP) is 2.78. The minimum Gasteiger partial charge on any atom is -0.480 e. The van der Waals surface area contributed by atoms with E-state index in [1.165, 1.54) is 6.07 Å². The number of rotatable bonds is 3. The summed E-state index contributed by atoms with van der Waals surface area (Å²) < 4.78 is 23.2. The van der Waals surface area contributed by atoms with E-state index in [9.17, 15) is 9.18 Å². The minimum absolute atomic E-state index is 0.0465. The highest BCUT2D eigenvalue weighted by atomic mass is 35.5. The Morgan fingerprint density at radius 2 is 2.06 bits per heavy atom. The van der Waals surface area contributed by atoms with Gasteiger partial charge in [0.15, 0.2) is 6.61 Å². The van der Waals surface area contributed by atoms with E-state index in [2.05, 4.69) is 0 Å². The standard InChI is InChI=1S/C12H15ClFNO3/c1-12(2,3)18-11(16)6-17-10-5-9(15)8(14)4-7(10)13/h4-5H,6,15H2,1-3H3. The highest BCUT2D eigenvalue weighted by Gasteiger charge is 2.17. The summed E-state index contributed by atoms with van der Waals surface area (Å²) in [6.07, 6.45) is 0. The van der Waals surface area contributed by atoms with Gasteiger partial charge in [0.2, 0.25) is 0 Å². The number of benzene rings is 1. The number of nitrogen functional groups attached to an aromatic ring is 1. The number of anilines is 1. The molecule has 0 aromatic heterocycles. The maximum atomic E-state index is 13.0. The van der Waals surface area contributed by atoms with Gasteiger partial charge in [-0.1, -0.05) is 11.6 Å². The van der Waals surface area contributed by atoms with Gasteiger partial charge in [-0.25, -0.2) is 9.18 Å². The number of hydrogen-bond acceptors (Lipinski definition) is 4. The van der Waals surface area contributed by atoms with Gasteiger partial charge in [-0.05, 0) is 26.8 Å². The summed E-state index contributed by atoms with van der Waals surface area (Å²) in [5.41, 5.74) is 4.68. The lowest BCUT2D eigenvalue weighted by molar-refractivity contribution is -0.157. The normalized spacial score (nSPS) is 11.2. The summed E-state index contributed by atoms with van der Waals surface area (Å²) in [5, 5.41) is 0.0465. The first-order valence-corrected chi connectivity index (χ1v) is 5.66. The average Bonchev–Trinajstić information content (AvgIpc) is 2.19. The third-order valence-corrected chi connectivity index (χ3v) is 2.11. The van der Waals surface area contributed by atoms with Crippen LogP contribution in [0.3, 0.4) is 0 Å². The molecule has 0 fully saturated rings. The fourth-order valence-corrected chi connectivity index (χ4v) is 1.37. The van der Waals surface area contributed by atoms with Crippen LogP contribution < -0.4 is 10.5 Å². The van der Waals surface area contributed by atoms with Gasteiger partial charge in [0, 0.05) is 6.07 Å². The second-order valence-corrected chi connectivity index (χ2v) is 5.09.